The second-order valence-corrected chi connectivity index (χ2v) is 6.57. The number of hydrogen-bond acceptors (Lipinski definition) is 2. The molecule has 0 bridgehead atoms. The third-order valence-corrected chi connectivity index (χ3v) is 5.31. The van der Waals surface area contributed by atoms with Gasteiger partial charge < -0.3 is 10.5 Å². The fourth-order valence-corrected chi connectivity index (χ4v) is 3.43. The van der Waals surface area contributed by atoms with Crippen molar-refractivity contribution in [3.05, 3.63) is 29.3 Å². The SMILES string of the molecule is CCC1(CC)C(N)CC1Oc1cc(C(C)C)ccc1C. The van der Waals surface area contributed by atoms with Crippen molar-refractivity contribution in [3.8, 4) is 5.75 Å². The van der Waals surface area contributed by atoms with E-state index in [0.717, 1.165) is 25.0 Å². The number of aryl methyl sites for hydroxylation is 1. The molecular formula is C18H29NO. The van der Waals surface area contributed by atoms with Crippen LogP contribution in [0, 0.1) is 12.3 Å². The van der Waals surface area contributed by atoms with Gasteiger partial charge in [0.05, 0.1) is 0 Å². The molecule has 2 rings (SSSR count). The Morgan fingerprint density at radius 2 is 1.95 bits per heavy atom. The molecule has 1 aliphatic carbocycles. The first kappa shape index (κ1) is 15.4. The molecule has 0 saturated heterocycles. The molecule has 1 aromatic carbocycles. The van der Waals surface area contributed by atoms with E-state index >= 15 is 0 Å². The van der Waals surface area contributed by atoms with Gasteiger partial charge in [0.15, 0.2) is 0 Å². The molecule has 0 heterocycles. The summed E-state index contributed by atoms with van der Waals surface area (Å²) in [5, 5.41) is 0. The van der Waals surface area contributed by atoms with Crippen LogP contribution in [-0.2, 0) is 0 Å². The normalized spacial score (nSPS) is 24.6. The quantitative estimate of drug-likeness (QED) is 0.864. The highest BCUT2D eigenvalue weighted by Gasteiger charge is 2.52. The van der Waals surface area contributed by atoms with Crippen LogP contribution in [0.1, 0.15) is 64.0 Å². The highest BCUT2D eigenvalue weighted by atomic mass is 16.5. The lowest BCUT2D eigenvalue weighted by atomic mass is 9.59. The Morgan fingerprint density at radius 1 is 1.30 bits per heavy atom. The summed E-state index contributed by atoms with van der Waals surface area (Å²) in [6.45, 7) is 11.0. The van der Waals surface area contributed by atoms with E-state index in [0.29, 0.717) is 5.92 Å². The van der Waals surface area contributed by atoms with Crippen LogP contribution in [0.4, 0.5) is 0 Å². The molecule has 0 aliphatic heterocycles. The minimum absolute atomic E-state index is 0.167. The fourth-order valence-electron chi connectivity index (χ4n) is 3.43. The van der Waals surface area contributed by atoms with Crippen LogP contribution >= 0.6 is 0 Å². The van der Waals surface area contributed by atoms with E-state index < -0.39 is 0 Å². The Bertz CT molecular complexity index is 462. The van der Waals surface area contributed by atoms with Crippen molar-refractivity contribution in [2.24, 2.45) is 11.1 Å². The topological polar surface area (TPSA) is 35.2 Å². The zero-order valence-electron chi connectivity index (χ0n) is 13.6. The van der Waals surface area contributed by atoms with Crippen molar-refractivity contribution in [1.82, 2.24) is 0 Å². The Balaban J connectivity index is 2.20. The van der Waals surface area contributed by atoms with Crippen molar-refractivity contribution in [1.29, 1.82) is 0 Å². The molecule has 112 valence electrons. The summed E-state index contributed by atoms with van der Waals surface area (Å²) in [6, 6.07) is 6.87. The maximum absolute atomic E-state index is 6.36. The monoisotopic (exact) mass is 275 g/mol. The predicted octanol–water partition coefficient (Wildman–Crippen LogP) is 4.40. The van der Waals surface area contributed by atoms with Gasteiger partial charge in [-0.15, -0.1) is 0 Å². The largest absolute Gasteiger partial charge is 0.489 e. The maximum atomic E-state index is 6.36. The van der Waals surface area contributed by atoms with Gasteiger partial charge in [-0.1, -0.05) is 39.8 Å². The first-order valence-corrected chi connectivity index (χ1v) is 7.97. The Kier molecular flexibility index (Phi) is 4.43. The Labute approximate surface area is 123 Å². The number of ether oxygens (including phenoxy) is 1. The smallest absolute Gasteiger partial charge is 0.122 e. The molecule has 0 amide bonds. The molecule has 20 heavy (non-hydrogen) atoms. The standard InChI is InChI=1S/C18H29NO/c1-6-18(7-2)16(19)11-17(18)20-15-10-14(12(3)4)9-8-13(15)5/h8-10,12,16-17H,6-7,11,19H2,1-5H3. The second-order valence-electron chi connectivity index (χ2n) is 6.57. The van der Waals surface area contributed by atoms with Crippen molar-refractivity contribution in [3.63, 3.8) is 0 Å². The van der Waals surface area contributed by atoms with E-state index in [2.05, 4.69) is 52.8 Å². The van der Waals surface area contributed by atoms with Crippen LogP contribution in [0.5, 0.6) is 5.75 Å². The molecule has 1 saturated carbocycles. The first-order chi connectivity index (χ1) is 9.44. The average Bonchev–Trinajstić information content (AvgIpc) is 2.41. The van der Waals surface area contributed by atoms with Gasteiger partial charge in [0.2, 0.25) is 0 Å². The van der Waals surface area contributed by atoms with E-state index in [1.807, 2.05) is 0 Å². The third-order valence-electron chi connectivity index (χ3n) is 5.31. The molecule has 2 nitrogen and oxygen atoms in total. The van der Waals surface area contributed by atoms with Crippen LogP contribution in [0.15, 0.2) is 18.2 Å². The molecule has 1 aliphatic rings. The summed E-state index contributed by atoms with van der Waals surface area (Å²) in [5.74, 6) is 1.57. The van der Waals surface area contributed by atoms with Crippen LogP contribution in [0.2, 0.25) is 0 Å². The van der Waals surface area contributed by atoms with E-state index in [9.17, 15) is 0 Å². The van der Waals surface area contributed by atoms with E-state index in [4.69, 9.17) is 10.5 Å². The first-order valence-electron chi connectivity index (χ1n) is 7.97. The van der Waals surface area contributed by atoms with Gasteiger partial charge in [-0.3, -0.25) is 0 Å². The molecule has 2 heteroatoms. The van der Waals surface area contributed by atoms with E-state index in [1.54, 1.807) is 0 Å². The van der Waals surface area contributed by atoms with Gasteiger partial charge in [-0.2, -0.15) is 0 Å². The van der Waals surface area contributed by atoms with Gasteiger partial charge in [0.1, 0.15) is 11.9 Å². The van der Waals surface area contributed by atoms with Crippen LogP contribution < -0.4 is 10.5 Å². The fraction of sp³-hybridized carbons (Fsp3) is 0.667. The second kappa shape index (κ2) is 5.77. The van der Waals surface area contributed by atoms with Crippen molar-refractivity contribution in [2.45, 2.75) is 71.9 Å². The summed E-state index contributed by atoms with van der Waals surface area (Å²) in [7, 11) is 0. The lowest BCUT2D eigenvalue weighted by Crippen LogP contribution is -2.63. The van der Waals surface area contributed by atoms with Gasteiger partial charge in [0, 0.05) is 17.9 Å². The number of benzene rings is 1. The van der Waals surface area contributed by atoms with Gasteiger partial charge >= 0.3 is 0 Å². The highest BCUT2D eigenvalue weighted by molar-refractivity contribution is 5.38. The lowest BCUT2D eigenvalue weighted by Gasteiger charge is -2.53. The summed E-state index contributed by atoms with van der Waals surface area (Å²) >= 11 is 0. The minimum Gasteiger partial charge on any atom is -0.489 e. The van der Waals surface area contributed by atoms with E-state index in [1.165, 1.54) is 11.1 Å². The van der Waals surface area contributed by atoms with E-state index in [-0.39, 0.29) is 17.6 Å². The highest BCUT2D eigenvalue weighted by Crippen LogP contribution is 2.48. The Hall–Kier alpha value is -1.02. The molecule has 2 N–H and O–H groups in total. The van der Waals surface area contributed by atoms with Gasteiger partial charge in [-0.05, 0) is 42.9 Å². The molecule has 0 aromatic heterocycles. The minimum atomic E-state index is 0.167. The zero-order valence-corrected chi connectivity index (χ0v) is 13.6. The number of rotatable bonds is 5. The van der Waals surface area contributed by atoms with Crippen molar-refractivity contribution in [2.75, 3.05) is 0 Å². The maximum Gasteiger partial charge on any atom is 0.122 e. The van der Waals surface area contributed by atoms with Crippen LogP contribution in [-0.4, -0.2) is 12.1 Å². The summed E-state index contributed by atoms with van der Waals surface area (Å²) in [5.41, 5.74) is 8.98. The molecule has 1 fully saturated rings. The zero-order chi connectivity index (χ0) is 14.9. The lowest BCUT2D eigenvalue weighted by molar-refractivity contribution is -0.0725. The van der Waals surface area contributed by atoms with Gasteiger partial charge in [0.25, 0.3) is 0 Å². The van der Waals surface area contributed by atoms with Crippen LogP contribution in [0.25, 0.3) is 0 Å². The van der Waals surface area contributed by atoms with Crippen molar-refractivity contribution < 1.29 is 4.74 Å². The number of hydrogen-bond donors (Lipinski definition) is 1. The number of nitrogens with two attached hydrogens (primary N) is 1. The molecule has 2 unspecified atom stereocenters. The average molecular weight is 275 g/mol. The van der Waals surface area contributed by atoms with Crippen LogP contribution in [0.3, 0.4) is 0 Å². The summed E-state index contributed by atoms with van der Waals surface area (Å²) < 4.78 is 6.36. The third kappa shape index (κ3) is 2.46. The molecular weight excluding hydrogens is 246 g/mol. The Morgan fingerprint density at radius 3 is 2.45 bits per heavy atom. The molecule has 1 aromatic rings. The van der Waals surface area contributed by atoms with Crippen molar-refractivity contribution >= 4 is 0 Å². The molecule has 0 radical (unpaired) electrons. The summed E-state index contributed by atoms with van der Waals surface area (Å²) in [4.78, 5) is 0. The molecule has 0 spiro atoms. The summed E-state index contributed by atoms with van der Waals surface area (Å²) in [6.07, 6.45) is 3.44. The molecule has 2 atom stereocenters. The van der Waals surface area contributed by atoms with Gasteiger partial charge in [-0.25, -0.2) is 0 Å². The predicted molar refractivity (Wildman–Crippen MR) is 85.3 cm³/mol.